The summed E-state index contributed by atoms with van der Waals surface area (Å²) in [7, 11) is 0. The van der Waals surface area contributed by atoms with E-state index in [2.05, 4.69) is 34.5 Å². The molecule has 0 saturated heterocycles. The average Bonchev–Trinajstić information content (AvgIpc) is 2.85. The second kappa shape index (κ2) is 6.33. The predicted molar refractivity (Wildman–Crippen MR) is 81.9 cm³/mol. The predicted octanol–water partition coefficient (Wildman–Crippen LogP) is 3.59. The van der Waals surface area contributed by atoms with Gasteiger partial charge in [-0.05, 0) is 47.2 Å². The van der Waals surface area contributed by atoms with Crippen LogP contribution in [0, 0.1) is 3.57 Å². The molecule has 0 aliphatic carbocycles. The van der Waals surface area contributed by atoms with E-state index in [0.717, 1.165) is 20.7 Å². The third-order valence-electron chi connectivity index (χ3n) is 2.46. The molecule has 1 aromatic heterocycles. The number of nitrogens with zero attached hydrogens (tertiary/aromatic N) is 1. The van der Waals surface area contributed by atoms with Crippen molar-refractivity contribution < 1.29 is 14.6 Å². The van der Waals surface area contributed by atoms with Crippen molar-refractivity contribution in [3.63, 3.8) is 0 Å². The second-order valence-electron chi connectivity index (χ2n) is 3.83. The first-order valence-electron chi connectivity index (χ1n) is 5.69. The highest BCUT2D eigenvalue weighted by Gasteiger charge is 2.09. The van der Waals surface area contributed by atoms with Crippen LogP contribution in [0.1, 0.15) is 28.0 Å². The van der Waals surface area contributed by atoms with Crippen LogP contribution in [0.3, 0.4) is 0 Å². The van der Waals surface area contributed by atoms with Crippen LogP contribution in [-0.4, -0.2) is 16.1 Å². The Bertz CT molecular complexity index is 597. The van der Waals surface area contributed by atoms with E-state index >= 15 is 0 Å². The summed E-state index contributed by atoms with van der Waals surface area (Å²) < 4.78 is 6.53. The minimum Gasteiger partial charge on any atom is -0.486 e. The van der Waals surface area contributed by atoms with Gasteiger partial charge in [-0.2, -0.15) is 0 Å². The smallest absolute Gasteiger partial charge is 0.335 e. The molecule has 100 valence electrons. The van der Waals surface area contributed by atoms with Gasteiger partial charge in [0.25, 0.3) is 0 Å². The van der Waals surface area contributed by atoms with E-state index in [0.29, 0.717) is 12.4 Å². The fraction of sp³-hybridized carbons (Fsp3) is 0.231. The molecule has 0 bridgehead atoms. The topological polar surface area (TPSA) is 59.4 Å². The minimum absolute atomic E-state index is 0.225. The highest BCUT2D eigenvalue weighted by atomic mass is 127. The number of rotatable bonds is 5. The molecule has 1 N–H and O–H groups in total. The summed E-state index contributed by atoms with van der Waals surface area (Å²) in [5.41, 5.74) is 1.10. The van der Waals surface area contributed by atoms with Gasteiger partial charge >= 0.3 is 5.97 Å². The van der Waals surface area contributed by atoms with Crippen LogP contribution in [0.5, 0.6) is 5.75 Å². The van der Waals surface area contributed by atoms with Crippen molar-refractivity contribution in [3.05, 3.63) is 43.4 Å². The molecule has 4 nitrogen and oxygen atoms in total. The minimum atomic E-state index is -0.955. The van der Waals surface area contributed by atoms with Crippen LogP contribution in [0.2, 0.25) is 0 Å². The third kappa shape index (κ3) is 3.66. The number of carbonyl (C=O) groups is 1. The Labute approximate surface area is 128 Å². The molecular weight excluding hydrogens is 377 g/mol. The summed E-state index contributed by atoms with van der Waals surface area (Å²) in [6, 6.07) is 4.84. The number of halogens is 1. The van der Waals surface area contributed by atoms with Gasteiger partial charge < -0.3 is 9.84 Å². The molecule has 0 radical (unpaired) electrons. The monoisotopic (exact) mass is 389 g/mol. The Morgan fingerprint density at radius 1 is 1.53 bits per heavy atom. The molecule has 0 unspecified atom stereocenters. The number of aromatic nitrogens is 1. The zero-order valence-corrected chi connectivity index (χ0v) is 13.2. The molecule has 1 aromatic carbocycles. The molecule has 6 heteroatoms. The van der Waals surface area contributed by atoms with Gasteiger partial charge in [0.05, 0.1) is 19.8 Å². The van der Waals surface area contributed by atoms with E-state index in [1.807, 2.05) is 5.38 Å². The number of benzene rings is 1. The lowest BCUT2D eigenvalue weighted by Crippen LogP contribution is -2.01. The molecular formula is C13H12INO3S. The van der Waals surface area contributed by atoms with Crippen molar-refractivity contribution in [1.29, 1.82) is 0 Å². The molecule has 0 spiro atoms. The Hall–Kier alpha value is -1.15. The lowest BCUT2D eigenvalue weighted by atomic mass is 10.2. The summed E-state index contributed by atoms with van der Waals surface area (Å²) in [4.78, 5) is 15.3. The van der Waals surface area contributed by atoms with Gasteiger partial charge in [-0.1, -0.05) is 6.92 Å². The van der Waals surface area contributed by atoms with Crippen LogP contribution in [-0.2, 0) is 13.0 Å². The quantitative estimate of drug-likeness (QED) is 0.795. The molecule has 2 rings (SSSR count). The number of carboxylic acids is 1. The maximum atomic E-state index is 10.9. The van der Waals surface area contributed by atoms with Crippen LogP contribution in [0.4, 0.5) is 0 Å². The molecule has 19 heavy (non-hydrogen) atoms. The fourth-order valence-electron chi connectivity index (χ4n) is 1.48. The third-order valence-corrected chi connectivity index (χ3v) is 4.39. The lowest BCUT2D eigenvalue weighted by molar-refractivity contribution is 0.0696. The molecule has 0 saturated carbocycles. The van der Waals surface area contributed by atoms with Crippen molar-refractivity contribution in [2.75, 3.05) is 0 Å². The van der Waals surface area contributed by atoms with E-state index in [9.17, 15) is 4.79 Å². The Morgan fingerprint density at radius 3 is 2.95 bits per heavy atom. The molecule has 0 fully saturated rings. The summed E-state index contributed by atoms with van der Waals surface area (Å²) in [6.45, 7) is 2.41. The summed E-state index contributed by atoms with van der Waals surface area (Å²) >= 11 is 3.73. The van der Waals surface area contributed by atoms with Crippen molar-refractivity contribution >= 4 is 39.9 Å². The first-order chi connectivity index (χ1) is 9.10. The number of hydrogen-bond donors (Lipinski definition) is 1. The SMILES string of the molecule is CCc1nc(COc2cc(C(=O)O)ccc2I)cs1. The number of carboxylic acid groups (broad SMARTS) is 1. The lowest BCUT2D eigenvalue weighted by Gasteiger charge is -2.07. The average molecular weight is 389 g/mol. The fourth-order valence-corrected chi connectivity index (χ4v) is 2.70. The van der Waals surface area contributed by atoms with Gasteiger partial charge in [0.15, 0.2) is 0 Å². The molecule has 0 amide bonds. The largest absolute Gasteiger partial charge is 0.486 e. The van der Waals surface area contributed by atoms with E-state index in [4.69, 9.17) is 9.84 Å². The number of aryl methyl sites for hydroxylation is 1. The van der Waals surface area contributed by atoms with Crippen molar-refractivity contribution in [1.82, 2.24) is 4.98 Å². The highest BCUT2D eigenvalue weighted by Crippen LogP contribution is 2.23. The highest BCUT2D eigenvalue weighted by molar-refractivity contribution is 14.1. The summed E-state index contributed by atoms with van der Waals surface area (Å²) in [5, 5.41) is 12.0. The molecule has 0 aliphatic heterocycles. The van der Waals surface area contributed by atoms with Crippen LogP contribution >= 0.6 is 33.9 Å². The Kier molecular flexibility index (Phi) is 4.76. The number of thiazole rings is 1. The van der Waals surface area contributed by atoms with Gasteiger partial charge in [0.1, 0.15) is 12.4 Å². The van der Waals surface area contributed by atoms with Gasteiger partial charge in [-0.3, -0.25) is 0 Å². The zero-order chi connectivity index (χ0) is 13.8. The van der Waals surface area contributed by atoms with E-state index in [-0.39, 0.29) is 5.56 Å². The molecule has 0 aliphatic rings. The van der Waals surface area contributed by atoms with Gasteiger partial charge in [-0.25, -0.2) is 9.78 Å². The van der Waals surface area contributed by atoms with Crippen molar-refractivity contribution in [2.45, 2.75) is 20.0 Å². The van der Waals surface area contributed by atoms with Crippen LogP contribution in [0.15, 0.2) is 23.6 Å². The van der Waals surface area contributed by atoms with Crippen molar-refractivity contribution in [2.24, 2.45) is 0 Å². The van der Waals surface area contributed by atoms with Crippen molar-refractivity contribution in [3.8, 4) is 5.75 Å². The molecule has 2 aromatic rings. The first kappa shape index (κ1) is 14.3. The standard InChI is InChI=1S/C13H12INO3S/c1-2-12-15-9(7-19-12)6-18-11-5-8(13(16)17)3-4-10(11)14/h3-5,7H,2,6H2,1H3,(H,16,17). The molecule has 1 heterocycles. The maximum Gasteiger partial charge on any atom is 0.335 e. The zero-order valence-electron chi connectivity index (χ0n) is 10.2. The van der Waals surface area contributed by atoms with Gasteiger partial charge in [0, 0.05) is 5.38 Å². The normalized spacial score (nSPS) is 10.4. The Morgan fingerprint density at radius 2 is 2.32 bits per heavy atom. The van der Waals surface area contributed by atoms with E-state index < -0.39 is 5.97 Å². The van der Waals surface area contributed by atoms with Crippen LogP contribution < -0.4 is 4.74 Å². The van der Waals surface area contributed by atoms with Gasteiger partial charge in [0.2, 0.25) is 0 Å². The molecule has 0 atom stereocenters. The van der Waals surface area contributed by atoms with Gasteiger partial charge in [-0.15, -0.1) is 11.3 Å². The van der Waals surface area contributed by atoms with E-state index in [1.54, 1.807) is 23.5 Å². The summed E-state index contributed by atoms with van der Waals surface area (Å²) in [5.74, 6) is -0.380. The number of ether oxygens (including phenoxy) is 1. The number of hydrogen-bond acceptors (Lipinski definition) is 4. The summed E-state index contributed by atoms with van der Waals surface area (Å²) in [6.07, 6.45) is 0.913. The number of aromatic carboxylic acids is 1. The Balaban J connectivity index is 2.10. The van der Waals surface area contributed by atoms with Crippen LogP contribution in [0.25, 0.3) is 0 Å². The second-order valence-corrected chi connectivity index (χ2v) is 5.93. The maximum absolute atomic E-state index is 10.9. The van der Waals surface area contributed by atoms with E-state index in [1.165, 1.54) is 6.07 Å². The first-order valence-corrected chi connectivity index (χ1v) is 7.65.